The maximum atomic E-state index is 12.5. The third-order valence-electron chi connectivity index (χ3n) is 18.0. The van der Waals surface area contributed by atoms with E-state index in [1.807, 2.05) is 6.08 Å². The van der Waals surface area contributed by atoms with E-state index in [4.69, 9.17) is 4.74 Å². The van der Waals surface area contributed by atoms with Crippen LogP contribution in [0.1, 0.15) is 418 Å². The minimum atomic E-state index is -0.845. The molecule has 0 saturated carbocycles. The third-order valence-corrected chi connectivity index (χ3v) is 18.0. The summed E-state index contributed by atoms with van der Waals surface area (Å²) in [6, 6.07) is -0.629. The van der Waals surface area contributed by atoms with Crippen LogP contribution in [-0.4, -0.2) is 47.4 Å². The number of hydrogen-bond donors (Lipinski definition) is 3. The first-order valence-corrected chi connectivity index (χ1v) is 39.1. The van der Waals surface area contributed by atoms with Crippen LogP contribution in [0, 0.1) is 0 Å². The van der Waals surface area contributed by atoms with Crippen LogP contribution in [0.2, 0.25) is 0 Å². The molecule has 1 amide bonds. The number of carbonyl (C=O) groups excluding carboxylic acids is 2. The van der Waals surface area contributed by atoms with Crippen LogP contribution in [0.3, 0.4) is 0 Å². The summed E-state index contributed by atoms with van der Waals surface area (Å²) < 4.78 is 5.49. The second-order valence-electron chi connectivity index (χ2n) is 26.7. The Morgan fingerprint density at radius 1 is 0.322 bits per heavy atom. The average molecular weight is 1220 g/mol. The number of amides is 1. The van der Waals surface area contributed by atoms with E-state index in [0.717, 1.165) is 57.8 Å². The van der Waals surface area contributed by atoms with Gasteiger partial charge in [-0.3, -0.25) is 9.59 Å². The first kappa shape index (κ1) is 84.6. The third kappa shape index (κ3) is 72.5. The molecule has 2 unspecified atom stereocenters. The molecule has 6 heteroatoms. The number of unbranched alkanes of at least 4 members (excludes halogenated alkanes) is 54. The summed E-state index contributed by atoms with van der Waals surface area (Å²) in [5.74, 6) is -0.0620. The average Bonchev–Trinajstić information content (AvgIpc) is 3.55. The van der Waals surface area contributed by atoms with Gasteiger partial charge in [-0.1, -0.05) is 370 Å². The van der Waals surface area contributed by atoms with E-state index in [2.05, 4.69) is 67.8 Å². The van der Waals surface area contributed by atoms with Crippen molar-refractivity contribution in [3.63, 3.8) is 0 Å². The van der Waals surface area contributed by atoms with Gasteiger partial charge < -0.3 is 20.3 Å². The van der Waals surface area contributed by atoms with Gasteiger partial charge in [0.2, 0.25) is 5.91 Å². The number of ether oxygens (including phenoxy) is 1. The van der Waals surface area contributed by atoms with Crippen LogP contribution in [0.4, 0.5) is 0 Å². The molecule has 0 aliphatic carbocycles. The van der Waals surface area contributed by atoms with E-state index < -0.39 is 12.1 Å². The van der Waals surface area contributed by atoms with Crippen LogP contribution in [0.5, 0.6) is 0 Å². The highest BCUT2D eigenvalue weighted by Gasteiger charge is 2.18. The van der Waals surface area contributed by atoms with E-state index in [-0.39, 0.29) is 18.5 Å². The quantitative estimate of drug-likeness (QED) is 0.0320. The lowest BCUT2D eigenvalue weighted by Crippen LogP contribution is -2.45. The van der Waals surface area contributed by atoms with Crippen molar-refractivity contribution in [3.8, 4) is 0 Å². The molecule has 0 heterocycles. The van der Waals surface area contributed by atoms with E-state index in [1.165, 1.54) is 334 Å². The molecule has 0 fully saturated rings. The number of carbonyl (C=O) groups is 2. The highest BCUT2D eigenvalue weighted by atomic mass is 16.5. The van der Waals surface area contributed by atoms with Gasteiger partial charge in [0.05, 0.1) is 25.4 Å². The van der Waals surface area contributed by atoms with Crippen LogP contribution in [0.25, 0.3) is 0 Å². The molecule has 2 atom stereocenters. The minimum Gasteiger partial charge on any atom is -0.466 e. The highest BCUT2D eigenvalue weighted by molar-refractivity contribution is 5.76. The maximum absolute atomic E-state index is 12.5. The summed E-state index contributed by atoms with van der Waals surface area (Å²) in [7, 11) is 0. The summed E-state index contributed by atoms with van der Waals surface area (Å²) in [4.78, 5) is 24.6. The second kappa shape index (κ2) is 76.0. The number of allylic oxidation sites excluding steroid dienone is 9. The predicted molar refractivity (Wildman–Crippen MR) is 384 cm³/mol. The molecule has 0 rings (SSSR count). The van der Waals surface area contributed by atoms with Crippen molar-refractivity contribution in [2.24, 2.45) is 0 Å². The minimum absolute atomic E-state index is 0.000581. The Morgan fingerprint density at radius 3 is 0.885 bits per heavy atom. The van der Waals surface area contributed by atoms with Gasteiger partial charge in [-0.15, -0.1) is 0 Å². The lowest BCUT2D eigenvalue weighted by Gasteiger charge is -2.20. The largest absolute Gasteiger partial charge is 0.466 e. The fourth-order valence-corrected chi connectivity index (χ4v) is 12.1. The lowest BCUT2D eigenvalue weighted by molar-refractivity contribution is -0.143. The van der Waals surface area contributed by atoms with E-state index in [0.29, 0.717) is 19.4 Å². The molecule has 0 radical (unpaired) electrons. The Kier molecular flexibility index (Phi) is 73.9. The van der Waals surface area contributed by atoms with Gasteiger partial charge in [-0.2, -0.15) is 0 Å². The molecule has 0 aliphatic rings. The van der Waals surface area contributed by atoms with Gasteiger partial charge in [0.25, 0.3) is 0 Å². The Morgan fingerprint density at radius 2 is 0.575 bits per heavy atom. The molecule has 0 saturated heterocycles. The number of hydrogen-bond acceptors (Lipinski definition) is 5. The summed E-state index contributed by atoms with van der Waals surface area (Å²) >= 11 is 0. The molecule has 0 aromatic heterocycles. The highest BCUT2D eigenvalue weighted by Crippen LogP contribution is 2.19. The topological polar surface area (TPSA) is 95.9 Å². The maximum Gasteiger partial charge on any atom is 0.305 e. The van der Waals surface area contributed by atoms with Crippen molar-refractivity contribution in [1.82, 2.24) is 5.32 Å². The van der Waals surface area contributed by atoms with Crippen molar-refractivity contribution in [2.45, 2.75) is 431 Å². The monoisotopic (exact) mass is 1220 g/mol. The SMILES string of the molecule is CCCCCC/C=C\C/C=C\CCCCCCCC(=O)OCCCCCCCCCCC/C=C\C/C=C\CCCCCCCCCCCCCCCCCCCC(=O)NC(CO)C(O)/C=C/CCCCCCCCCCCCCCCCCCCCC. The number of rotatable bonds is 73. The normalized spacial score (nSPS) is 12.8. The second-order valence-corrected chi connectivity index (χ2v) is 26.7. The fourth-order valence-electron chi connectivity index (χ4n) is 12.1. The Labute approximate surface area is 543 Å². The van der Waals surface area contributed by atoms with Gasteiger partial charge in [0, 0.05) is 12.8 Å². The molecular weight excluding hydrogens is 1070 g/mol. The Balaban J connectivity index is 3.41. The molecule has 87 heavy (non-hydrogen) atoms. The lowest BCUT2D eigenvalue weighted by atomic mass is 10.0. The molecular formula is C81H151NO5. The van der Waals surface area contributed by atoms with Crippen molar-refractivity contribution in [3.05, 3.63) is 60.8 Å². The smallest absolute Gasteiger partial charge is 0.305 e. The molecule has 0 aromatic rings. The Bertz CT molecular complexity index is 1500. The van der Waals surface area contributed by atoms with Crippen LogP contribution in [-0.2, 0) is 14.3 Å². The predicted octanol–water partition coefficient (Wildman–Crippen LogP) is 25.8. The molecule has 0 aromatic carbocycles. The van der Waals surface area contributed by atoms with Gasteiger partial charge in [0.15, 0.2) is 0 Å². The summed E-state index contributed by atoms with van der Waals surface area (Å²) in [6.45, 7) is 4.91. The van der Waals surface area contributed by atoms with E-state index in [9.17, 15) is 19.8 Å². The molecule has 6 nitrogen and oxygen atoms in total. The zero-order valence-electron chi connectivity index (χ0n) is 58.5. The van der Waals surface area contributed by atoms with Gasteiger partial charge in [-0.05, 0) is 96.3 Å². The van der Waals surface area contributed by atoms with Gasteiger partial charge >= 0.3 is 5.97 Å². The van der Waals surface area contributed by atoms with Crippen molar-refractivity contribution in [2.75, 3.05) is 13.2 Å². The molecule has 0 spiro atoms. The van der Waals surface area contributed by atoms with Gasteiger partial charge in [0.1, 0.15) is 0 Å². The fraction of sp³-hybridized carbons (Fsp3) is 0.852. The van der Waals surface area contributed by atoms with Crippen LogP contribution in [0.15, 0.2) is 60.8 Å². The molecule has 0 aliphatic heterocycles. The number of aliphatic hydroxyl groups is 2. The van der Waals surface area contributed by atoms with Gasteiger partial charge in [-0.25, -0.2) is 0 Å². The standard InChI is InChI=1S/C81H151NO5/c1-3-5-7-9-11-13-15-17-19-21-22-36-39-42-45-49-53-57-61-65-69-73-79(84)78(77-83)82-80(85)74-70-66-62-58-54-50-46-43-40-37-34-32-30-28-26-24-23-25-27-29-31-33-35-38-41-44-48-52-56-60-64-68-72-76-87-81(86)75-71-67-63-59-55-51-47-20-18-16-14-12-10-8-6-4-2/h14,16,20,27,29,33,35,47,69,73,78-79,83-84H,3-13,15,17-19,21-26,28,30-32,34,36-46,48-68,70-72,74-77H2,1-2H3,(H,82,85)/b16-14-,29-27-,35-33-,47-20-,73-69+. The summed E-state index contributed by atoms with van der Waals surface area (Å²) in [5, 5.41) is 23.3. The number of esters is 1. The zero-order chi connectivity index (χ0) is 62.8. The van der Waals surface area contributed by atoms with Crippen LogP contribution < -0.4 is 5.32 Å². The zero-order valence-corrected chi connectivity index (χ0v) is 58.5. The van der Waals surface area contributed by atoms with Crippen LogP contribution >= 0.6 is 0 Å². The molecule has 0 bridgehead atoms. The first-order chi connectivity index (χ1) is 43.0. The van der Waals surface area contributed by atoms with Crippen molar-refractivity contribution >= 4 is 11.9 Å². The number of nitrogens with one attached hydrogen (secondary N) is 1. The van der Waals surface area contributed by atoms with E-state index in [1.54, 1.807) is 6.08 Å². The molecule has 3 N–H and O–H groups in total. The Hall–Kier alpha value is -2.44. The summed E-state index contributed by atoms with van der Waals surface area (Å²) in [5.41, 5.74) is 0. The number of aliphatic hydroxyl groups excluding tert-OH is 2. The first-order valence-electron chi connectivity index (χ1n) is 39.1. The van der Waals surface area contributed by atoms with Crippen molar-refractivity contribution < 1.29 is 24.5 Å². The molecule has 510 valence electrons. The summed E-state index contributed by atoms with van der Waals surface area (Å²) in [6.07, 6.45) is 102. The van der Waals surface area contributed by atoms with Crippen molar-refractivity contribution in [1.29, 1.82) is 0 Å². The van der Waals surface area contributed by atoms with E-state index >= 15 is 0 Å².